The molecule has 1 aliphatic heterocycles. The maximum atomic E-state index is 12.5. The van der Waals surface area contributed by atoms with E-state index in [0.29, 0.717) is 0 Å². The van der Waals surface area contributed by atoms with Crippen LogP contribution in [-0.2, 0) is 38.2 Å². The number of carbonyl (C=O) groups is 5. The van der Waals surface area contributed by atoms with Gasteiger partial charge in [0.25, 0.3) is 11.4 Å². The van der Waals surface area contributed by atoms with Crippen LogP contribution < -0.4 is 0 Å². The molecule has 1 heterocycles. The van der Waals surface area contributed by atoms with Gasteiger partial charge in [-0.25, -0.2) is 4.79 Å². The van der Waals surface area contributed by atoms with E-state index in [2.05, 4.69) is 0 Å². The van der Waals surface area contributed by atoms with E-state index in [1.807, 2.05) is 0 Å². The number of ketones is 3. The second-order valence-corrected chi connectivity index (χ2v) is 5.85. The molecular weight excluding hydrogens is 356 g/mol. The molecule has 5 atom stereocenters. The Morgan fingerprint density at radius 1 is 0.962 bits per heavy atom. The van der Waals surface area contributed by atoms with Crippen LogP contribution in [0.5, 0.6) is 0 Å². The lowest BCUT2D eigenvalue weighted by Crippen LogP contribution is -2.86. The van der Waals surface area contributed by atoms with Gasteiger partial charge in [0.1, 0.15) is 6.10 Å². The number of aliphatic hydroxyl groups is 2. The zero-order valence-corrected chi connectivity index (χ0v) is 14.8. The fourth-order valence-electron chi connectivity index (χ4n) is 3.25. The molecule has 3 N–H and O–H groups in total. The van der Waals surface area contributed by atoms with Gasteiger partial charge >= 0.3 is 11.9 Å². The molecule has 0 aliphatic carbocycles. The minimum absolute atomic E-state index is 0.717. The predicted molar refractivity (Wildman–Crippen MR) is 79.7 cm³/mol. The minimum atomic E-state index is -3.35. The molecule has 146 valence electrons. The third-order valence-corrected chi connectivity index (χ3v) is 4.33. The highest BCUT2D eigenvalue weighted by Crippen LogP contribution is 2.49. The third kappa shape index (κ3) is 2.55. The van der Waals surface area contributed by atoms with Crippen molar-refractivity contribution in [2.45, 2.75) is 56.9 Å². The van der Waals surface area contributed by atoms with E-state index >= 15 is 0 Å². The molecule has 0 aromatic rings. The predicted octanol–water partition coefficient (Wildman–Crippen LogP) is -2.03. The summed E-state index contributed by atoms with van der Waals surface area (Å²) in [5, 5.41) is 30.6. The largest absolute Gasteiger partial charge is 0.479 e. The number of ether oxygens (including phenoxy) is 3. The molecule has 0 radical (unpaired) electrons. The van der Waals surface area contributed by atoms with Gasteiger partial charge in [0.2, 0.25) is 5.60 Å². The Labute approximate surface area is 147 Å². The van der Waals surface area contributed by atoms with Gasteiger partial charge in [-0.3, -0.25) is 19.2 Å². The average Bonchev–Trinajstić information content (AvgIpc) is 2.50. The van der Waals surface area contributed by atoms with Crippen molar-refractivity contribution in [1.29, 1.82) is 0 Å². The van der Waals surface area contributed by atoms with Crippen LogP contribution in [0.25, 0.3) is 0 Å². The first-order valence-corrected chi connectivity index (χ1v) is 7.35. The summed E-state index contributed by atoms with van der Waals surface area (Å²) in [7, 11) is 0.819. The number of aliphatic carboxylic acids is 1. The van der Waals surface area contributed by atoms with Crippen LogP contribution in [0.4, 0.5) is 0 Å². The topological polar surface area (TPSA) is 174 Å². The summed E-state index contributed by atoms with van der Waals surface area (Å²) in [6.45, 7) is 3.09. The summed E-state index contributed by atoms with van der Waals surface area (Å²) >= 11 is 0. The van der Waals surface area contributed by atoms with Crippen LogP contribution in [-0.4, -0.2) is 80.9 Å². The van der Waals surface area contributed by atoms with Crippen molar-refractivity contribution in [2.75, 3.05) is 7.11 Å². The average molecular weight is 376 g/mol. The molecule has 0 aromatic carbocycles. The summed E-state index contributed by atoms with van der Waals surface area (Å²) in [6, 6.07) is 0. The standard InChI is InChI=1S/C15H20O11/c1-6(16)13(23)11(20)10(12(21)22)26-15(24-5,8(3)18)14(13,7(2)17)25-9(4)19/h10-11,20,23H,1-5H3,(H,21,22)/t10-,11+,13-,14+,15+/m0/s1. The summed E-state index contributed by atoms with van der Waals surface area (Å²) < 4.78 is 14.9. The van der Waals surface area contributed by atoms with Crippen LogP contribution >= 0.6 is 0 Å². The monoisotopic (exact) mass is 376 g/mol. The number of aliphatic hydroxyl groups excluding tert-OH is 1. The Balaban J connectivity index is 4.10. The van der Waals surface area contributed by atoms with Crippen molar-refractivity contribution in [2.24, 2.45) is 0 Å². The summed E-state index contributed by atoms with van der Waals surface area (Å²) in [4.78, 5) is 60.2. The number of Topliss-reactive ketones (excluding diaryl/α,β-unsaturated/α-hetero) is 3. The lowest BCUT2D eigenvalue weighted by Gasteiger charge is -2.57. The van der Waals surface area contributed by atoms with Crippen molar-refractivity contribution in [1.82, 2.24) is 0 Å². The van der Waals surface area contributed by atoms with Crippen molar-refractivity contribution in [3.05, 3.63) is 0 Å². The number of carbonyl (C=O) groups excluding carboxylic acids is 4. The molecular formula is C15H20O11. The van der Waals surface area contributed by atoms with Crippen molar-refractivity contribution in [3.63, 3.8) is 0 Å². The number of hydrogen-bond donors (Lipinski definition) is 3. The zero-order valence-electron chi connectivity index (χ0n) is 14.8. The Kier molecular flexibility index (Phi) is 5.74. The second kappa shape index (κ2) is 6.83. The highest BCUT2D eigenvalue weighted by molar-refractivity contribution is 6.06. The molecule has 0 saturated carbocycles. The van der Waals surface area contributed by atoms with Gasteiger partial charge in [0.05, 0.1) is 0 Å². The van der Waals surface area contributed by atoms with Crippen LogP contribution in [0.15, 0.2) is 0 Å². The quantitative estimate of drug-likeness (QED) is 0.436. The highest BCUT2D eigenvalue weighted by atomic mass is 16.7. The van der Waals surface area contributed by atoms with Crippen molar-refractivity contribution < 1.29 is 53.5 Å². The molecule has 1 saturated heterocycles. The van der Waals surface area contributed by atoms with Gasteiger partial charge in [0, 0.05) is 21.0 Å². The number of hydrogen-bond acceptors (Lipinski definition) is 10. The molecule has 1 fully saturated rings. The van der Waals surface area contributed by atoms with Crippen molar-refractivity contribution >= 4 is 29.3 Å². The fraction of sp³-hybridized carbons (Fsp3) is 0.667. The molecule has 0 bridgehead atoms. The van der Waals surface area contributed by atoms with Gasteiger partial charge in [-0.15, -0.1) is 0 Å². The van der Waals surface area contributed by atoms with Gasteiger partial charge in [-0.2, -0.15) is 0 Å². The zero-order chi connectivity index (χ0) is 20.7. The van der Waals surface area contributed by atoms with E-state index in [1.165, 1.54) is 0 Å². The van der Waals surface area contributed by atoms with E-state index in [0.717, 1.165) is 34.8 Å². The van der Waals surface area contributed by atoms with Crippen LogP contribution in [0, 0.1) is 0 Å². The Morgan fingerprint density at radius 2 is 1.46 bits per heavy atom. The Morgan fingerprint density at radius 3 is 1.73 bits per heavy atom. The van der Waals surface area contributed by atoms with Crippen LogP contribution in [0.3, 0.4) is 0 Å². The van der Waals surface area contributed by atoms with Crippen LogP contribution in [0.2, 0.25) is 0 Å². The van der Waals surface area contributed by atoms with E-state index < -0.39 is 58.5 Å². The first-order valence-electron chi connectivity index (χ1n) is 7.35. The Bertz CT molecular complexity index is 653. The molecule has 1 aliphatic rings. The van der Waals surface area contributed by atoms with Gasteiger partial charge in [0.15, 0.2) is 23.5 Å². The normalized spacial score (nSPS) is 36.9. The third-order valence-electron chi connectivity index (χ3n) is 4.33. The highest BCUT2D eigenvalue weighted by Gasteiger charge is 2.82. The summed E-state index contributed by atoms with van der Waals surface area (Å²) in [5.74, 6) is -9.92. The minimum Gasteiger partial charge on any atom is -0.479 e. The first kappa shape index (κ1) is 21.8. The molecule has 0 amide bonds. The molecule has 0 unspecified atom stereocenters. The van der Waals surface area contributed by atoms with E-state index in [-0.39, 0.29) is 0 Å². The Hall–Kier alpha value is -2.21. The maximum Gasteiger partial charge on any atom is 0.335 e. The number of rotatable bonds is 6. The maximum absolute atomic E-state index is 12.5. The SMILES string of the molecule is CO[C@]1(C(C)=O)O[C@H](C(=O)O)[C@@H](O)[C@@](O)(C(C)=O)[C@]1(OC(C)=O)C(C)=O. The molecule has 1 rings (SSSR count). The van der Waals surface area contributed by atoms with Gasteiger partial charge in [-0.1, -0.05) is 0 Å². The number of esters is 1. The van der Waals surface area contributed by atoms with E-state index in [1.54, 1.807) is 0 Å². The van der Waals surface area contributed by atoms with Crippen molar-refractivity contribution in [3.8, 4) is 0 Å². The van der Waals surface area contributed by atoms with Gasteiger partial charge < -0.3 is 29.5 Å². The van der Waals surface area contributed by atoms with Gasteiger partial charge in [-0.05, 0) is 13.8 Å². The molecule has 0 spiro atoms. The number of carboxylic acids is 1. The van der Waals surface area contributed by atoms with E-state index in [4.69, 9.17) is 14.2 Å². The summed E-state index contributed by atoms with van der Waals surface area (Å²) in [5.41, 5.74) is -6.54. The molecule has 11 nitrogen and oxygen atoms in total. The summed E-state index contributed by atoms with van der Waals surface area (Å²) in [6.07, 6.45) is -4.92. The molecule has 0 aromatic heterocycles. The molecule has 26 heavy (non-hydrogen) atoms. The van der Waals surface area contributed by atoms with Crippen LogP contribution in [0.1, 0.15) is 27.7 Å². The molecule has 11 heteroatoms. The number of carboxylic acid groups (broad SMARTS) is 1. The second-order valence-electron chi connectivity index (χ2n) is 5.85. The smallest absolute Gasteiger partial charge is 0.335 e. The number of methoxy groups -OCH3 is 1. The fourth-order valence-corrected chi connectivity index (χ4v) is 3.25. The lowest BCUT2D eigenvalue weighted by molar-refractivity contribution is -0.374. The van der Waals surface area contributed by atoms with E-state index in [9.17, 15) is 39.3 Å². The first-order chi connectivity index (χ1) is 11.8. The lowest BCUT2D eigenvalue weighted by atomic mass is 9.64.